The first kappa shape index (κ1) is 23.0. The molecule has 0 aromatic heterocycles. The highest BCUT2D eigenvalue weighted by atomic mass is 32.2. The van der Waals surface area contributed by atoms with Crippen LogP contribution in [0.15, 0.2) is 24.3 Å². The summed E-state index contributed by atoms with van der Waals surface area (Å²) in [6.07, 6.45) is -10.4. The monoisotopic (exact) mass is 422 g/mol. The summed E-state index contributed by atoms with van der Waals surface area (Å²) in [5.41, 5.74) is -0.749. The smallest absolute Gasteiger partial charge is 0.432 e. The number of alkyl halides is 5. The van der Waals surface area contributed by atoms with Gasteiger partial charge in [0, 0.05) is 0 Å². The average molecular weight is 422 g/mol. The largest absolute Gasteiger partial charge is 0.482 e. The van der Waals surface area contributed by atoms with Crippen LogP contribution in [0.4, 0.5) is 22.0 Å². The Morgan fingerprint density at radius 2 is 1.59 bits per heavy atom. The van der Waals surface area contributed by atoms with Gasteiger partial charge in [0.1, 0.15) is 5.75 Å². The van der Waals surface area contributed by atoms with Crippen LogP contribution < -0.4 is 4.74 Å². The second-order valence-corrected chi connectivity index (χ2v) is 7.31. The lowest BCUT2D eigenvalue weighted by Crippen LogP contribution is -2.52. The molecule has 1 aromatic carbocycles. The Labute approximate surface area is 150 Å². The fourth-order valence-electron chi connectivity index (χ4n) is 1.73. The number of hydrogen-bond acceptors (Lipinski definition) is 6. The predicted molar refractivity (Wildman–Crippen MR) is 79.6 cm³/mol. The van der Waals surface area contributed by atoms with Crippen molar-refractivity contribution in [1.82, 2.24) is 0 Å². The maximum absolute atomic E-state index is 13.3. The highest BCUT2D eigenvalue weighted by molar-refractivity contribution is 7.86. The summed E-state index contributed by atoms with van der Waals surface area (Å²) in [5.74, 6) is -2.02. The second kappa shape index (κ2) is 7.56. The molecule has 7 nitrogen and oxygen atoms in total. The normalized spacial score (nSPS) is 14.6. The molecule has 1 atom stereocenters. The molecule has 0 spiro atoms. The molecule has 0 bridgehead atoms. The molecule has 154 valence electrons. The van der Waals surface area contributed by atoms with Gasteiger partial charge in [-0.15, -0.1) is 0 Å². The molecule has 2 N–H and O–H groups in total. The first-order chi connectivity index (χ1) is 12.0. The van der Waals surface area contributed by atoms with Crippen molar-refractivity contribution in [3.05, 3.63) is 29.8 Å². The van der Waals surface area contributed by atoms with Gasteiger partial charge in [-0.3, -0.25) is 4.55 Å². The van der Waals surface area contributed by atoms with Gasteiger partial charge in [-0.05, 0) is 31.5 Å². The van der Waals surface area contributed by atoms with Crippen LogP contribution in [0.2, 0.25) is 0 Å². The molecular formula is C14H15F5O7S. The third-order valence-corrected chi connectivity index (χ3v) is 4.02. The van der Waals surface area contributed by atoms with E-state index in [-0.39, 0.29) is 5.75 Å². The van der Waals surface area contributed by atoms with Crippen molar-refractivity contribution < 1.29 is 54.3 Å². The van der Waals surface area contributed by atoms with E-state index in [1.54, 1.807) is 0 Å². The number of benzene rings is 1. The van der Waals surface area contributed by atoms with E-state index < -0.39 is 45.8 Å². The molecule has 0 fully saturated rings. The highest BCUT2D eigenvalue weighted by Gasteiger charge is 2.66. The van der Waals surface area contributed by atoms with Gasteiger partial charge >= 0.3 is 27.5 Å². The van der Waals surface area contributed by atoms with E-state index >= 15 is 0 Å². The molecule has 13 heteroatoms. The number of ether oxygens (including phenoxy) is 2. The molecule has 1 aromatic rings. The Morgan fingerprint density at radius 1 is 1.11 bits per heavy atom. The summed E-state index contributed by atoms with van der Waals surface area (Å²) in [7, 11) is -6.51. The third kappa shape index (κ3) is 6.01. The minimum Gasteiger partial charge on any atom is -0.482 e. The van der Waals surface area contributed by atoms with E-state index in [2.05, 4.69) is 4.74 Å². The van der Waals surface area contributed by atoms with Gasteiger partial charge in [0.15, 0.2) is 6.61 Å². The lowest BCUT2D eigenvalue weighted by molar-refractivity contribution is -0.259. The number of esters is 1. The quantitative estimate of drug-likeness (QED) is 0.394. The van der Waals surface area contributed by atoms with Crippen LogP contribution in [0.1, 0.15) is 19.4 Å². The topological polar surface area (TPSA) is 110 Å². The molecule has 0 saturated carbocycles. The molecular weight excluding hydrogens is 407 g/mol. The summed E-state index contributed by atoms with van der Waals surface area (Å²) >= 11 is 0. The van der Waals surface area contributed by atoms with Gasteiger partial charge in [-0.2, -0.15) is 30.4 Å². The first-order valence-corrected chi connectivity index (χ1v) is 8.47. The van der Waals surface area contributed by atoms with Crippen LogP contribution >= 0.6 is 0 Å². The van der Waals surface area contributed by atoms with Crippen molar-refractivity contribution in [2.45, 2.75) is 37.0 Å². The Bertz CT molecular complexity index is 767. The summed E-state index contributed by atoms with van der Waals surface area (Å²) in [4.78, 5) is 11.4. The van der Waals surface area contributed by atoms with Gasteiger partial charge in [0.25, 0.3) is 6.10 Å². The minimum atomic E-state index is -6.51. The molecule has 0 aliphatic heterocycles. The number of aliphatic hydroxyl groups is 1. The van der Waals surface area contributed by atoms with Crippen LogP contribution in [-0.2, 0) is 25.3 Å². The van der Waals surface area contributed by atoms with Gasteiger partial charge in [-0.25, -0.2) is 4.79 Å². The van der Waals surface area contributed by atoms with Crippen LogP contribution in [0.5, 0.6) is 5.75 Å². The zero-order valence-corrected chi connectivity index (χ0v) is 14.6. The number of halogens is 5. The van der Waals surface area contributed by atoms with Crippen LogP contribution in [-0.4, -0.2) is 48.2 Å². The average Bonchev–Trinajstić information content (AvgIpc) is 2.47. The Hall–Kier alpha value is -1.99. The Morgan fingerprint density at radius 3 is 1.96 bits per heavy atom. The molecule has 0 heterocycles. The summed E-state index contributed by atoms with van der Waals surface area (Å²) in [6.45, 7) is 1.70. The van der Waals surface area contributed by atoms with Gasteiger partial charge in [-0.1, -0.05) is 12.1 Å². The van der Waals surface area contributed by atoms with E-state index in [9.17, 15) is 40.3 Å². The summed E-state index contributed by atoms with van der Waals surface area (Å²) < 4.78 is 102. The van der Waals surface area contributed by atoms with Crippen molar-refractivity contribution in [2.24, 2.45) is 0 Å². The van der Waals surface area contributed by atoms with E-state index in [0.717, 1.165) is 0 Å². The maximum Gasteiger partial charge on any atom is 0.432 e. The van der Waals surface area contributed by atoms with Crippen molar-refractivity contribution >= 4 is 16.1 Å². The molecule has 0 aliphatic carbocycles. The fraction of sp³-hybridized carbons (Fsp3) is 0.500. The summed E-state index contributed by atoms with van der Waals surface area (Å²) in [5, 5.41) is 3.94. The van der Waals surface area contributed by atoms with Crippen LogP contribution in [0.25, 0.3) is 0 Å². The molecule has 1 unspecified atom stereocenters. The van der Waals surface area contributed by atoms with Crippen molar-refractivity contribution in [2.75, 3.05) is 6.61 Å². The molecule has 0 saturated heterocycles. The molecule has 1 rings (SSSR count). The third-order valence-electron chi connectivity index (χ3n) is 3.11. The van der Waals surface area contributed by atoms with Crippen molar-refractivity contribution in [3.8, 4) is 5.75 Å². The van der Waals surface area contributed by atoms with Crippen molar-refractivity contribution in [3.63, 3.8) is 0 Å². The molecule has 0 aliphatic rings. The lowest BCUT2D eigenvalue weighted by atomic mass is 9.99. The number of hydrogen-bond donors (Lipinski definition) is 2. The van der Waals surface area contributed by atoms with Gasteiger partial charge < -0.3 is 14.6 Å². The first-order valence-electron chi connectivity index (χ1n) is 7.03. The standard InChI is InChI=1S/C14H15F5O7S/c1-12(2,21)8-3-5-9(6-4-8)25-7-10(20)26-11(13(15,16)17)14(18,19)27(22,23)24/h3-6,11,21H,7H2,1-2H3,(H,22,23,24). The van der Waals surface area contributed by atoms with E-state index in [0.29, 0.717) is 5.56 Å². The minimum absolute atomic E-state index is 0.0648. The fourth-order valence-corrected chi connectivity index (χ4v) is 2.18. The van der Waals surface area contributed by atoms with E-state index in [1.807, 2.05) is 0 Å². The molecule has 27 heavy (non-hydrogen) atoms. The summed E-state index contributed by atoms with van der Waals surface area (Å²) in [6, 6.07) is 5.25. The highest BCUT2D eigenvalue weighted by Crippen LogP contribution is 2.38. The Balaban J connectivity index is 2.84. The predicted octanol–water partition coefficient (Wildman–Crippen LogP) is 2.25. The molecule has 0 amide bonds. The number of carbonyl (C=O) groups is 1. The van der Waals surface area contributed by atoms with Crippen LogP contribution in [0.3, 0.4) is 0 Å². The van der Waals surface area contributed by atoms with E-state index in [1.165, 1.54) is 38.1 Å². The van der Waals surface area contributed by atoms with Gasteiger partial charge in [0.2, 0.25) is 0 Å². The van der Waals surface area contributed by atoms with Crippen LogP contribution in [0, 0.1) is 0 Å². The van der Waals surface area contributed by atoms with Gasteiger partial charge in [0.05, 0.1) is 5.60 Å². The Kier molecular flexibility index (Phi) is 6.45. The number of carbonyl (C=O) groups excluding carboxylic acids is 1. The lowest BCUT2D eigenvalue weighted by Gasteiger charge is -2.26. The zero-order chi connectivity index (χ0) is 21.3. The van der Waals surface area contributed by atoms with Crippen molar-refractivity contribution in [1.29, 1.82) is 0 Å². The zero-order valence-electron chi connectivity index (χ0n) is 13.8. The maximum atomic E-state index is 13.3. The van der Waals surface area contributed by atoms with E-state index in [4.69, 9.17) is 9.29 Å². The number of rotatable bonds is 7. The second-order valence-electron chi connectivity index (χ2n) is 5.82. The SMILES string of the molecule is CC(C)(O)c1ccc(OCC(=O)OC(C(F)(F)F)C(F)(F)S(=O)(=O)O)cc1. The molecule has 0 radical (unpaired) electrons.